The Morgan fingerprint density at radius 3 is 2.30 bits per heavy atom. The van der Waals surface area contributed by atoms with E-state index in [2.05, 4.69) is 9.89 Å². The molecule has 2 aliphatic rings. The number of ether oxygens (including phenoxy) is 1. The van der Waals surface area contributed by atoms with Gasteiger partial charge in [0.15, 0.2) is 0 Å². The molecule has 0 radical (unpaired) electrons. The van der Waals surface area contributed by atoms with E-state index in [4.69, 9.17) is 16.3 Å². The van der Waals surface area contributed by atoms with Gasteiger partial charge in [-0.1, -0.05) is 23.7 Å². The van der Waals surface area contributed by atoms with Crippen LogP contribution in [0.5, 0.6) is 5.75 Å². The highest BCUT2D eigenvalue weighted by molar-refractivity contribution is 7.89. The number of guanidine groups is 1. The number of piperazine rings is 1. The molecule has 0 atom stereocenters. The van der Waals surface area contributed by atoms with Crippen molar-refractivity contribution in [1.29, 1.82) is 0 Å². The summed E-state index contributed by atoms with van der Waals surface area (Å²) in [5, 5.41) is 0.726. The molecule has 2 aromatic rings. The average molecular weight is 449 g/mol. The summed E-state index contributed by atoms with van der Waals surface area (Å²) in [5.74, 6) is 1.19. The summed E-state index contributed by atoms with van der Waals surface area (Å²) in [7, 11) is -3.67. The number of halogens is 1. The van der Waals surface area contributed by atoms with E-state index in [1.165, 1.54) is 4.31 Å². The van der Waals surface area contributed by atoms with Crippen LogP contribution < -0.4 is 9.64 Å². The summed E-state index contributed by atoms with van der Waals surface area (Å²) in [6.45, 7) is 6.11. The van der Waals surface area contributed by atoms with E-state index < -0.39 is 10.0 Å². The van der Waals surface area contributed by atoms with E-state index in [0.717, 1.165) is 23.8 Å². The number of hydrogen-bond acceptors (Lipinski definition) is 6. The highest BCUT2D eigenvalue weighted by Gasteiger charge is 2.35. The number of anilines is 1. The fourth-order valence-electron chi connectivity index (χ4n) is 3.76. The van der Waals surface area contributed by atoms with Crippen LogP contribution in [0.1, 0.15) is 6.92 Å². The first kappa shape index (κ1) is 20.8. The third-order valence-electron chi connectivity index (χ3n) is 5.26. The third-order valence-corrected chi connectivity index (χ3v) is 7.37. The topological polar surface area (TPSA) is 65.5 Å². The Kier molecular flexibility index (Phi) is 6.06. The van der Waals surface area contributed by atoms with Crippen molar-refractivity contribution in [2.75, 3.05) is 50.8 Å². The van der Waals surface area contributed by atoms with Gasteiger partial charge in [0.25, 0.3) is 10.0 Å². The van der Waals surface area contributed by atoms with E-state index >= 15 is 0 Å². The van der Waals surface area contributed by atoms with Gasteiger partial charge < -0.3 is 14.5 Å². The predicted molar refractivity (Wildman–Crippen MR) is 119 cm³/mol. The molecule has 2 aliphatic heterocycles. The first-order valence-corrected chi connectivity index (χ1v) is 11.9. The van der Waals surface area contributed by atoms with Crippen molar-refractivity contribution in [2.24, 2.45) is 4.99 Å². The molecule has 160 valence electrons. The number of para-hydroxylation sites is 1. The lowest BCUT2D eigenvalue weighted by Crippen LogP contribution is -2.53. The maximum Gasteiger partial charge on any atom is 0.266 e. The largest absolute Gasteiger partial charge is 0.494 e. The van der Waals surface area contributed by atoms with Crippen LogP contribution in [0.3, 0.4) is 0 Å². The Morgan fingerprint density at radius 1 is 0.967 bits per heavy atom. The third kappa shape index (κ3) is 4.06. The van der Waals surface area contributed by atoms with Crippen molar-refractivity contribution in [1.82, 2.24) is 9.21 Å². The van der Waals surface area contributed by atoms with E-state index in [0.29, 0.717) is 44.5 Å². The zero-order chi connectivity index (χ0) is 21.1. The van der Waals surface area contributed by atoms with Gasteiger partial charge in [0.2, 0.25) is 5.96 Å². The number of nitrogens with zero attached hydrogens (tertiary/aromatic N) is 4. The van der Waals surface area contributed by atoms with Gasteiger partial charge >= 0.3 is 0 Å². The van der Waals surface area contributed by atoms with Crippen molar-refractivity contribution in [3.63, 3.8) is 0 Å². The number of sulfonamides is 1. The van der Waals surface area contributed by atoms with E-state index in [9.17, 15) is 8.42 Å². The lowest BCUT2D eigenvalue weighted by molar-refractivity contribution is 0.340. The minimum absolute atomic E-state index is 0.246. The normalized spacial score (nSPS) is 17.3. The molecule has 0 spiro atoms. The number of aliphatic imine (C=N–C) groups is 1. The lowest BCUT2D eigenvalue weighted by Gasteiger charge is -2.39. The molecule has 0 bridgehead atoms. The van der Waals surface area contributed by atoms with Crippen LogP contribution in [-0.2, 0) is 10.0 Å². The molecule has 0 saturated carbocycles. The predicted octanol–water partition coefficient (Wildman–Crippen LogP) is 2.92. The van der Waals surface area contributed by atoms with Crippen LogP contribution in [0.2, 0.25) is 5.02 Å². The van der Waals surface area contributed by atoms with Crippen molar-refractivity contribution < 1.29 is 13.2 Å². The van der Waals surface area contributed by atoms with Crippen molar-refractivity contribution in [2.45, 2.75) is 11.8 Å². The molecule has 2 aromatic carbocycles. The molecule has 0 amide bonds. The van der Waals surface area contributed by atoms with Gasteiger partial charge in [0.1, 0.15) is 5.75 Å². The van der Waals surface area contributed by atoms with Crippen LogP contribution in [0.25, 0.3) is 0 Å². The fourth-order valence-corrected chi connectivity index (χ4v) is 5.46. The summed E-state index contributed by atoms with van der Waals surface area (Å²) < 4.78 is 33.3. The van der Waals surface area contributed by atoms with Crippen molar-refractivity contribution >= 4 is 33.3 Å². The Bertz CT molecular complexity index is 1020. The van der Waals surface area contributed by atoms with Crippen LogP contribution in [0, 0.1) is 0 Å². The highest BCUT2D eigenvalue weighted by Crippen LogP contribution is 2.27. The molecular formula is C21H25ClN4O3S. The molecule has 30 heavy (non-hydrogen) atoms. The minimum atomic E-state index is -3.67. The lowest BCUT2D eigenvalue weighted by atomic mass is 10.2. The maximum absolute atomic E-state index is 13.2. The van der Waals surface area contributed by atoms with Crippen molar-refractivity contribution in [3.8, 4) is 5.75 Å². The van der Waals surface area contributed by atoms with E-state index in [1.54, 1.807) is 24.3 Å². The summed E-state index contributed by atoms with van der Waals surface area (Å²) in [5.41, 5.74) is 1.01. The standard InChI is InChI=1S/C21H25ClN4O3S/c1-2-29-17-7-9-18(10-8-17)30(27,28)26-12-11-23-21(26)25-15-13-24(14-16-25)20-6-4-3-5-19(20)22/h3-10H,2,11-16H2,1H3. The summed E-state index contributed by atoms with van der Waals surface area (Å²) in [4.78, 5) is 9.03. The Balaban J connectivity index is 1.47. The number of hydrogen-bond donors (Lipinski definition) is 0. The van der Waals surface area contributed by atoms with Gasteiger partial charge in [-0.05, 0) is 43.3 Å². The smallest absolute Gasteiger partial charge is 0.266 e. The molecule has 0 aromatic heterocycles. The van der Waals surface area contributed by atoms with Crippen LogP contribution >= 0.6 is 11.6 Å². The van der Waals surface area contributed by atoms with Gasteiger partial charge in [-0.2, -0.15) is 0 Å². The fraction of sp³-hybridized carbons (Fsp3) is 0.381. The second-order valence-electron chi connectivity index (χ2n) is 7.09. The maximum atomic E-state index is 13.2. The zero-order valence-corrected chi connectivity index (χ0v) is 18.4. The van der Waals surface area contributed by atoms with Crippen molar-refractivity contribution in [3.05, 3.63) is 53.6 Å². The zero-order valence-electron chi connectivity index (χ0n) is 16.9. The summed E-state index contributed by atoms with van der Waals surface area (Å²) in [6.07, 6.45) is 0. The molecule has 0 unspecified atom stereocenters. The van der Waals surface area contributed by atoms with Gasteiger partial charge in [-0.15, -0.1) is 0 Å². The molecule has 1 fully saturated rings. The Morgan fingerprint density at radius 2 is 1.63 bits per heavy atom. The summed E-state index contributed by atoms with van der Waals surface area (Å²) >= 11 is 6.33. The quantitative estimate of drug-likeness (QED) is 0.703. The van der Waals surface area contributed by atoms with Gasteiger partial charge in [-0.3, -0.25) is 4.99 Å². The van der Waals surface area contributed by atoms with Gasteiger partial charge in [0, 0.05) is 26.2 Å². The first-order valence-electron chi connectivity index (χ1n) is 10.0. The molecule has 2 heterocycles. The van der Waals surface area contributed by atoms with Gasteiger partial charge in [0.05, 0.1) is 35.3 Å². The monoisotopic (exact) mass is 448 g/mol. The van der Waals surface area contributed by atoms with Crippen LogP contribution in [-0.4, -0.2) is 69.5 Å². The molecule has 4 rings (SSSR count). The van der Waals surface area contributed by atoms with Crippen LogP contribution in [0.15, 0.2) is 58.4 Å². The van der Waals surface area contributed by atoms with E-state index in [-0.39, 0.29) is 4.90 Å². The molecular weight excluding hydrogens is 424 g/mol. The summed E-state index contributed by atoms with van der Waals surface area (Å²) in [6, 6.07) is 14.3. The highest BCUT2D eigenvalue weighted by atomic mass is 35.5. The number of benzene rings is 2. The molecule has 0 aliphatic carbocycles. The SMILES string of the molecule is CCOc1ccc(S(=O)(=O)N2CCN=C2N2CCN(c3ccccc3Cl)CC2)cc1. The second-order valence-corrected chi connectivity index (χ2v) is 9.36. The Hall–Kier alpha value is -2.45. The number of rotatable bonds is 5. The van der Waals surface area contributed by atoms with E-state index in [1.807, 2.05) is 36.1 Å². The first-order chi connectivity index (χ1) is 14.5. The van der Waals surface area contributed by atoms with Gasteiger partial charge in [-0.25, -0.2) is 12.7 Å². The molecule has 1 saturated heterocycles. The molecule has 7 nitrogen and oxygen atoms in total. The molecule has 0 N–H and O–H groups in total. The average Bonchev–Trinajstić information content (AvgIpc) is 3.26. The Labute approximate surface area is 182 Å². The minimum Gasteiger partial charge on any atom is -0.494 e. The van der Waals surface area contributed by atoms with Crippen LogP contribution in [0.4, 0.5) is 5.69 Å². The molecule has 9 heteroatoms. The second kappa shape index (κ2) is 8.73.